The van der Waals surface area contributed by atoms with Gasteiger partial charge in [0.25, 0.3) is 0 Å². The maximum Gasteiger partial charge on any atom is 0.312 e. The monoisotopic (exact) mass is 301 g/mol. The lowest BCUT2D eigenvalue weighted by atomic mass is 9.97. The number of rotatable bonds is 5. The fourth-order valence-electron chi connectivity index (χ4n) is 2.85. The minimum absolute atomic E-state index is 0.442. The van der Waals surface area contributed by atoms with Gasteiger partial charge in [-0.15, -0.1) is 11.3 Å². The van der Waals surface area contributed by atoms with Gasteiger partial charge in [-0.2, -0.15) is 0 Å². The molecular formula is C17H19NO2S. The van der Waals surface area contributed by atoms with E-state index in [-0.39, 0.29) is 0 Å². The summed E-state index contributed by atoms with van der Waals surface area (Å²) < 4.78 is 0. The summed E-state index contributed by atoms with van der Waals surface area (Å²) in [6.07, 6.45) is 3.08. The predicted octanol–water partition coefficient (Wildman–Crippen LogP) is 3.76. The van der Waals surface area contributed by atoms with Gasteiger partial charge in [0.1, 0.15) is 0 Å². The van der Waals surface area contributed by atoms with Crippen molar-refractivity contribution in [3.05, 3.63) is 52.2 Å². The summed E-state index contributed by atoms with van der Waals surface area (Å²) in [5, 5.41) is 11.4. The summed E-state index contributed by atoms with van der Waals surface area (Å²) in [7, 11) is 0. The number of hydrogen-bond acceptors (Lipinski definition) is 3. The van der Waals surface area contributed by atoms with E-state index in [1.165, 1.54) is 29.9 Å². The van der Waals surface area contributed by atoms with Crippen molar-refractivity contribution in [1.82, 2.24) is 0 Å². The SMILES string of the molecule is O=C(O)C(Cc1ccc(N2CCCC2)cc1)c1cccs1. The Hall–Kier alpha value is -1.81. The molecule has 1 aliphatic heterocycles. The molecule has 1 unspecified atom stereocenters. The minimum atomic E-state index is -0.749. The second-order valence-corrected chi connectivity index (χ2v) is 6.45. The molecular weight excluding hydrogens is 282 g/mol. The van der Waals surface area contributed by atoms with Crippen LogP contribution in [0.3, 0.4) is 0 Å². The van der Waals surface area contributed by atoms with Crippen LogP contribution in [0.1, 0.15) is 29.2 Å². The number of benzene rings is 1. The maximum atomic E-state index is 11.5. The largest absolute Gasteiger partial charge is 0.481 e. The maximum absolute atomic E-state index is 11.5. The zero-order chi connectivity index (χ0) is 14.7. The normalized spacial score (nSPS) is 16.1. The Labute approximate surface area is 128 Å². The first-order valence-corrected chi connectivity index (χ1v) is 8.22. The lowest BCUT2D eigenvalue weighted by Gasteiger charge is -2.18. The Morgan fingerprint density at radius 2 is 1.90 bits per heavy atom. The van der Waals surface area contributed by atoms with Crippen LogP contribution >= 0.6 is 11.3 Å². The van der Waals surface area contributed by atoms with Crippen molar-refractivity contribution in [2.45, 2.75) is 25.2 Å². The van der Waals surface area contributed by atoms with E-state index in [0.717, 1.165) is 23.5 Å². The van der Waals surface area contributed by atoms with Gasteiger partial charge in [0.05, 0.1) is 5.92 Å². The molecule has 1 N–H and O–H groups in total. The van der Waals surface area contributed by atoms with Gasteiger partial charge in [-0.05, 0) is 48.4 Å². The number of aliphatic carboxylic acids is 1. The van der Waals surface area contributed by atoms with Crippen molar-refractivity contribution in [2.24, 2.45) is 0 Å². The van der Waals surface area contributed by atoms with Gasteiger partial charge in [-0.25, -0.2) is 0 Å². The zero-order valence-electron chi connectivity index (χ0n) is 11.9. The second kappa shape index (κ2) is 6.31. The summed E-state index contributed by atoms with van der Waals surface area (Å²) >= 11 is 1.51. The molecule has 1 saturated heterocycles. The van der Waals surface area contributed by atoms with Gasteiger partial charge in [0.15, 0.2) is 0 Å². The number of carboxylic acid groups (broad SMARTS) is 1. The standard InChI is InChI=1S/C17H19NO2S/c19-17(20)15(16-4-3-11-21-16)12-13-5-7-14(8-6-13)18-9-1-2-10-18/h3-8,11,15H,1-2,9-10,12H2,(H,19,20). The molecule has 110 valence electrons. The van der Waals surface area contributed by atoms with Gasteiger partial charge < -0.3 is 10.0 Å². The van der Waals surface area contributed by atoms with E-state index in [1.807, 2.05) is 17.5 Å². The summed E-state index contributed by atoms with van der Waals surface area (Å²) in [5.74, 6) is -1.19. The van der Waals surface area contributed by atoms with Crippen molar-refractivity contribution in [3.63, 3.8) is 0 Å². The van der Waals surface area contributed by atoms with Crippen LogP contribution in [-0.2, 0) is 11.2 Å². The van der Waals surface area contributed by atoms with Crippen molar-refractivity contribution < 1.29 is 9.90 Å². The summed E-state index contributed by atoms with van der Waals surface area (Å²) in [6.45, 7) is 2.26. The smallest absolute Gasteiger partial charge is 0.312 e. The molecule has 4 heteroatoms. The number of thiophene rings is 1. The summed E-state index contributed by atoms with van der Waals surface area (Å²) in [4.78, 5) is 14.8. The van der Waals surface area contributed by atoms with Crippen molar-refractivity contribution in [3.8, 4) is 0 Å². The van der Waals surface area contributed by atoms with Crippen molar-refractivity contribution in [1.29, 1.82) is 0 Å². The van der Waals surface area contributed by atoms with E-state index in [0.29, 0.717) is 6.42 Å². The fourth-order valence-corrected chi connectivity index (χ4v) is 3.67. The molecule has 1 aromatic heterocycles. The van der Waals surface area contributed by atoms with Gasteiger partial charge in [-0.1, -0.05) is 18.2 Å². The molecule has 0 amide bonds. The predicted molar refractivity (Wildman–Crippen MR) is 86.3 cm³/mol. The van der Waals surface area contributed by atoms with Gasteiger partial charge in [0.2, 0.25) is 0 Å². The topological polar surface area (TPSA) is 40.5 Å². The van der Waals surface area contributed by atoms with E-state index in [9.17, 15) is 9.90 Å². The second-order valence-electron chi connectivity index (χ2n) is 5.47. The number of hydrogen-bond donors (Lipinski definition) is 1. The molecule has 3 nitrogen and oxygen atoms in total. The van der Waals surface area contributed by atoms with E-state index in [4.69, 9.17) is 0 Å². The molecule has 3 rings (SSSR count). The minimum Gasteiger partial charge on any atom is -0.481 e. The Kier molecular flexibility index (Phi) is 4.25. The van der Waals surface area contributed by atoms with Crippen LogP contribution in [0, 0.1) is 0 Å². The molecule has 0 aliphatic carbocycles. The lowest BCUT2D eigenvalue weighted by molar-refractivity contribution is -0.138. The number of nitrogens with zero attached hydrogens (tertiary/aromatic N) is 1. The molecule has 1 fully saturated rings. The third-order valence-electron chi connectivity index (χ3n) is 4.03. The van der Waals surface area contributed by atoms with Crippen LogP contribution in [0.5, 0.6) is 0 Å². The van der Waals surface area contributed by atoms with E-state index in [2.05, 4.69) is 29.2 Å². The molecule has 1 atom stereocenters. The van der Waals surface area contributed by atoms with E-state index >= 15 is 0 Å². The number of anilines is 1. The average Bonchev–Trinajstić information content (AvgIpc) is 3.18. The third kappa shape index (κ3) is 3.27. The van der Waals surface area contributed by atoms with Crippen LogP contribution in [0.4, 0.5) is 5.69 Å². The number of carboxylic acids is 1. The summed E-state index contributed by atoms with van der Waals surface area (Å²) in [5.41, 5.74) is 2.33. The Morgan fingerprint density at radius 1 is 1.19 bits per heavy atom. The van der Waals surface area contributed by atoms with Crippen molar-refractivity contribution >= 4 is 23.0 Å². The molecule has 1 aromatic carbocycles. The molecule has 0 saturated carbocycles. The highest BCUT2D eigenvalue weighted by Crippen LogP contribution is 2.27. The third-order valence-corrected chi connectivity index (χ3v) is 5.02. The van der Waals surface area contributed by atoms with Crippen LogP contribution in [0.2, 0.25) is 0 Å². The highest BCUT2D eigenvalue weighted by atomic mass is 32.1. The van der Waals surface area contributed by atoms with E-state index < -0.39 is 11.9 Å². The zero-order valence-corrected chi connectivity index (χ0v) is 12.7. The molecule has 1 aliphatic rings. The van der Waals surface area contributed by atoms with Gasteiger partial charge in [0, 0.05) is 23.7 Å². The highest BCUT2D eigenvalue weighted by Gasteiger charge is 2.21. The quantitative estimate of drug-likeness (QED) is 0.914. The summed E-state index contributed by atoms with van der Waals surface area (Å²) in [6, 6.07) is 12.2. The van der Waals surface area contributed by atoms with Crippen LogP contribution in [-0.4, -0.2) is 24.2 Å². The van der Waals surface area contributed by atoms with Crippen LogP contribution in [0.15, 0.2) is 41.8 Å². The number of carbonyl (C=O) groups is 1. The first-order chi connectivity index (χ1) is 10.2. The average molecular weight is 301 g/mol. The molecule has 2 aromatic rings. The molecule has 2 heterocycles. The van der Waals surface area contributed by atoms with Gasteiger partial charge in [-0.3, -0.25) is 4.79 Å². The molecule has 21 heavy (non-hydrogen) atoms. The molecule has 0 bridgehead atoms. The van der Waals surface area contributed by atoms with E-state index in [1.54, 1.807) is 0 Å². The molecule has 0 radical (unpaired) electrons. The Morgan fingerprint density at radius 3 is 2.48 bits per heavy atom. The Balaban J connectivity index is 1.73. The highest BCUT2D eigenvalue weighted by molar-refractivity contribution is 7.10. The Bertz CT molecular complexity index is 586. The first kappa shape index (κ1) is 14.1. The van der Waals surface area contributed by atoms with Crippen LogP contribution in [0.25, 0.3) is 0 Å². The molecule has 0 spiro atoms. The first-order valence-electron chi connectivity index (χ1n) is 7.34. The van der Waals surface area contributed by atoms with Gasteiger partial charge >= 0.3 is 5.97 Å². The van der Waals surface area contributed by atoms with Crippen LogP contribution < -0.4 is 4.90 Å². The fraction of sp³-hybridized carbons (Fsp3) is 0.353. The van der Waals surface area contributed by atoms with Crippen molar-refractivity contribution in [2.75, 3.05) is 18.0 Å². The lowest BCUT2D eigenvalue weighted by Crippen LogP contribution is -2.17.